The molecule has 3 atom stereocenters. The number of anilines is 1. The van der Waals surface area contributed by atoms with Gasteiger partial charge in [0.25, 0.3) is 0 Å². The van der Waals surface area contributed by atoms with Gasteiger partial charge in [0.05, 0.1) is 16.5 Å². The third-order valence-corrected chi connectivity index (χ3v) is 13.2. The maximum atomic E-state index is 17.3. The van der Waals surface area contributed by atoms with Crippen LogP contribution in [0.25, 0.3) is 32.9 Å². The Morgan fingerprint density at radius 3 is 2.59 bits per heavy atom. The SMILES string of the molecule is CCc1c(F)ccc2cc(OCOC)cc(-c3ncc4c(N5CCC[C@@](C)(O)C5)nc(OC[C@]56CCCN5[C@H](CNC(=O)OS(=O)(=O)N(C)CC(C)(C)C)CC6)nc4c3F)c12. The molecule has 3 saturated heterocycles. The molecule has 0 aliphatic carbocycles. The van der Waals surface area contributed by atoms with Crippen molar-refractivity contribution in [2.24, 2.45) is 5.41 Å². The summed E-state index contributed by atoms with van der Waals surface area (Å²) in [7, 11) is -1.42. The number of benzene rings is 2. The quantitative estimate of drug-likeness (QED) is 0.135. The molecule has 18 heteroatoms. The normalized spacial score (nSPS) is 22.3. The number of carbonyl (C=O) groups excluding carboxylic acids is 1. The minimum atomic E-state index is -4.28. The molecule has 0 spiro atoms. The molecule has 0 saturated carbocycles. The zero-order valence-corrected chi connectivity index (χ0v) is 36.8. The second-order valence-corrected chi connectivity index (χ2v) is 19.7. The molecule has 1 amide bonds. The van der Waals surface area contributed by atoms with Crippen molar-refractivity contribution in [1.29, 1.82) is 0 Å². The van der Waals surface area contributed by atoms with Gasteiger partial charge in [-0.2, -0.15) is 22.7 Å². The fourth-order valence-corrected chi connectivity index (χ4v) is 10.2. The van der Waals surface area contributed by atoms with E-state index in [0.717, 1.165) is 30.1 Å². The van der Waals surface area contributed by atoms with Crippen molar-refractivity contribution in [1.82, 2.24) is 29.5 Å². The molecule has 15 nitrogen and oxygen atoms in total. The van der Waals surface area contributed by atoms with Crippen molar-refractivity contribution >= 4 is 43.9 Å². The molecule has 2 aromatic heterocycles. The van der Waals surface area contributed by atoms with E-state index < -0.39 is 39.2 Å². The van der Waals surface area contributed by atoms with Crippen molar-refractivity contribution in [3.8, 4) is 23.0 Å². The van der Waals surface area contributed by atoms with Crippen LogP contribution >= 0.6 is 0 Å². The van der Waals surface area contributed by atoms with Crippen LogP contribution in [0.15, 0.2) is 30.5 Å². The minimum Gasteiger partial charge on any atom is -0.468 e. The lowest BCUT2D eigenvalue weighted by Gasteiger charge is -2.38. The number of aromatic nitrogens is 3. The van der Waals surface area contributed by atoms with E-state index in [1.165, 1.54) is 26.4 Å². The van der Waals surface area contributed by atoms with Gasteiger partial charge in [0.15, 0.2) is 12.6 Å². The number of nitrogens with one attached hydrogen (secondary N) is 1. The Hall–Kier alpha value is -4.49. The predicted octanol–water partition coefficient (Wildman–Crippen LogP) is 6.34. The highest BCUT2D eigenvalue weighted by molar-refractivity contribution is 7.84. The maximum absolute atomic E-state index is 17.3. The zero-order chi connectivity index (χ0) is 43.9. The number of pyridine rings is 1. The molecule has 3 aliphatic heterocycles. The molecule has 2 aromatic carbocycles. The van der Waals surface area contributed by atoms with Crippen molar-refractivity contribution in [3.05, 3.63) is 47.7 Å². The molecular weight excluding hydrogens is 813 g/mol. The van der Waals surface area contributed by atoms with E-state index in [2.05, 4.69) is 20.2 Å². The van der Waals surface area contributed by atoms with Gasteiger partial charge in [-0.25, -0.2) is 13.6 Å². The second kappa shape index (κ2) is 17.3. The average Bonchev–Trinajstić information content (AvgIpc) is 3.76. The summed E-state index contributed by atoms with van der Waals surface area (Å²) in [5, 5.41) is 15.2. The summed E-state index contributed by atoms with van der Waals surface area (Å²) in [6, 6.07) is 6.22. The summed E-state index contributed by atoms with van der Waals surface area (Å²) >= 11 is 0. The average molecular weight is 870 g/mol. The van der Waals surface area contributed by atoms with Crippen LogP contribution in [0.3, 0.4) is 0 Å². The number of β-amino-alcohol motifs (C(OH)–C–C–N with tert-alkyl or cyclic N) is 1. The Labute approximate surface area is 356 Å². The Balaban J connectivity index is 1.19. The number of ether oxygens (including phenoxy) is 3. The van der Waals surface area contributed by atoms with E-state index in [9.17, 15) is 18.3 Å². The number of hydrogen-bond acceptors (Lipinski definition) is 13. The summed E-state index contributed by atoms with van der Waals surface area (Å²) in [5.74, 6) is -0.412. The van der Waals surface area contributed by atoms with E-state index in [1.807, 2.05) is 32.6 Å². The summed E-state index contributed by atoms with van der Waals surface area (Å²) in [6.07, 6.45) is 5.18. The molecule has 0 radical (unpaired) electrons. The summed E-state index contributed by atoms with van der Waals surface area (Å²) < 4.78 is 81.3. The highest BCUT2D eigenvalue weighted by Crippen LogP contribution is 2.44. The smallest absolute Gasteiger partial charge is 0.423 e. The lowest BCUT2D eigenvalue weighted by molar-refractivity contribution is 0.0446. The number of aryl methyl sites for hydroxylation is 1. The zero-order valence-electron chi connectivity index (χ0n) is 36.0. The molecular formula is C43H57F2N7O8S. The van der Waals surface area contributed by atoms with E-state index in [-0.39, 0.29) is 61.7 Å². The van der Waals surface area contributed by atoms with Crippen molar-refractivity contribution in [2.45, 2.75) is 96.7 Å². The third-order valence-electron chi connectivity index (χ3n) is 12.0. The van der Waals surface area contributed by atoms with Gasteiger partial charge in [-0.3, -0.25) is 9.88 Å². The largest absolute Gasteiger partial charge is 0.468 e. The van der Waals surface area contributed by atoms with Gasteiger partial charge in [0.2, 0.25) is 0 Å². The van der Waals surface area contributed by atoms with E-state index in [1.54, 1.807) is 25.1 Å². The molecule has 3 fully saturated rings. The van der Waals surface area contributed by atoms with Crippen molar-refractivity contribution in [2.75, 3.05) is 65.2 Å². The van der Waals surface area contributed by atoms with Crippen LogP contribution in [0, 0.1) is 17.0 Å². The monoisotopic (exact) mass is 869 g/mol. The van der Waals surface area contributed by atoms with Crippen LogP contribution < -0.4 is 19.7 Å². The highest BCUT2D eigenvalue weighted by atomic mass is 32.2. The molecule has 0 unspecified atom stereocenters. The summed E-state index contributed by atoms with van der Waals surface area (Å²) in [5.41, 5.74) is -1.15. The van der Waals surface area contributed by atoms with Crippen molar-refractivity contribution < 1.29 is 45.5 Å². The molecule has 3 aliphatic rings. The minimum absolute atomic E-state index is 0.0445. The number of hydrogen-bond donors (Lipinski definition) is 2. The fourth-order valence-electron chi connectivity index (χ4n) is 9.31. The van der Waals surface area contributed by atoms with Crippen LogP contribution in [-0.4, -0.2) is 121 Å². The molecule has 0 bridgehead atoms. The number of methoxy groups -OCH3 is 1. The number of amides is 1. The van der Waals surface area contributed by atoms with Gasteiger partial charge in [0.1, 0.15) is 35.2 Å². The van der Waals surface area contributed by atoms with Gasteiger partial charge < -0.3 is 33.7 Å². The molecule has 2 N–H and O–H groups in total. The van der Waals surface area contributed by atoms with Crippen LogP contribution in [0.2, 0.25) is 0 Å². The number of rotatable bonds is 14. The van der Waals surface area contributed by atoms with E-state index in [4.69, 9.17) is 23.4 Å². The Bertz CT molecular complexity index is 2400. The predicted molar refractivity (Wildman–Crippen MR) is 227 cm³/mol. The topological polar surface area (TPSA) is 169 Å². The highest BCUT2D eigenvalue weighted by Gasteiger charge is 2.50. The fraction of sp³-hybridized carbons (Fsp3) is 0.581. The van der Waals surface area contributed by atoms with Crippen molar-refractivity contribution in [3.63, 3.8) is 0 Å². The Morgan fingerprint density at radius 2 is 1.87 bits per heavy atom. The van der Waals surface area contributed by atoms with Crippen LogP contribution in [0.4, 0.5) is 19.4 Å². The molecule has 5 heterocycles. The number of aliphatic hydroxyl groups is 1. The van der Waals surface area contributed by atoms with Gasteiger partial charge in [-0.1, -0.05) is 33.8 Å². The first-order valence-electron chi connectivity index (χ1n) is 20.9. The maximum Gasteiger partial charge on any atom is 0.423 e. The first-order chi connectivity index (χ1) is 28.8. The lowest BCUT2D eigenvalue weighted by Crippen LogP contribution is -2.50. The molecule has 332 valence electrons. The van der Waals surface area contributed by atoms with Crippen LogP contribution in [0.1, 0.15) is 78.7 Å². The van der Waals surface area contributed by atoms with Gasteiger partial charge >= 0.3 is 22.4 Å². The molecule has 7 rings (SSSR count). The van der Waals surface area contributed by atoms with Gasteiger partial charge in [-0.05, 0) is 98.4 Å². The van der Waals surface area contributed by atoms with E-state index >= 15 is 8.78 Å². The summed E-state index contributed by atoms with van der Waals surface area (Å²) in [6.45, 7) is 11.2. The van der Waals surface area contributed by atoms with Crippen LogP contribution in [-0.2, 0) is 25.6 Å². The Morgan fingerprint density at radius 1 is 1.10 bits per heavy atom. The second-order valence-electron chi connectivity index (χ2n) is 18.1. The van der Waals surface area contributed by atoms with Gasteiger partial charge in [0, 0.05) is 58.1 Å². The lowest BCUT2D eigenvalue weighted by atomic mass is 9.94. The Kier molecular flexibility index (Phi) is 12.7. The molecule has 4 aromatic rings. The van der Waals surface area contributed by atoms with Gasteiger partial charge in [-0.15, -0.1) is 0 Å². The molecule has 61 heavy (non-hydrogen) atoms. The number of fused-ring (bicyclic) bond motifs is 3. The van der Waals surface area contributed by atoms with Crippen LogP contribution in [0.5, 0.6) is 11.8 Å². The third kappa shape index (κ3) is 9.48. The number of carbonyl (C=O) groups is 1. The first-order valence-corrected chi connectivity index (χ1v) is 22.2. The number of nitrogens with zero attached hydrogens (tertiary/aromatic N) is 6. The summed E-state index contributed by atoms with van der Waals surface area (Å²) in [4.78, 5) is 31.0. The number of piperidine rings is 1. The van der Waals surface area contributed by atoms with E-state index in [0.29, 0.717) is 71.1 Å². The number of halogens is 2. The first kappa shape index (κ1) is 44.6. The standard InChI is InChI=1S/C43H57F2N7O8S/c1-8-30-33(44)12-11-27-19-29(59-26-57-7)20-31(34(27)30)36-35(45)37-32(22-46-36)38(51-17-9-14-42(5,54)24-51)49-39(48-37)58-25-43-15-10-18-52(43)28(13-16-43)21-47-40(53)60-61(55,56)50(6)23-41(2,3)4/h11-12,19-20,22,28,54H,8-10,13-18,21,23-26H2,1-7H3,(H,47,53)/t28-,42+,43+/m0/s1.